The minimum Gasteiger partial charge on any atom is -0.469 e. The number of methoxy groups -OCH3 is 1. The first kappa shape index (κ1) is 12.0. The van der Waals surface area contributed by atoms with Crippen molar-refractivity contribution in [3.05, 3.63) is 46.5 Å². The van der Waals surface area contributed by atoms with Gasteiger partial charge >= 0.3 is 5.97 Å². The third kappa shape index (κ3) is 4.79. The molecule has 0 aliphatic heterocycles. The molecule has 0 atom stereocenters. The molecule has 1 aromatic rings. The van der Waals surface area contributed by atoms with E-state index in [0.717, 1.165) is 10.9 Å². The number of carbonyl (C=O) groups is 1. The fourth-order valence-electron chi connectivity index (χ4n) is 1.15. The number of benzene rings is 1. The molecule has 1 rings (SSSR count). The summed E-state index contributed by atoms with van der Waals surface area (Å²) in [5, 5.41) is 0. The van der Waals surface area contributed by atoms with Gasteiger partial charge in [-0.25, -0.2) is 0 Å². The Morgan fingerprint density at radius 2 is 2.27 bits per heavy atom. The molecule has 0 aliphatic carbocycles. The molecule has 0 aliphatic rings. The molecule has 0 saturated heterocycles. The minimum atomic E-state index is -0.208. The van der Waals surface area contributed by atoms with E-state index in [9.17, 15) is 4.79 Å². The van der Waals surface area contributed by atoms with Gasteiger partial charge in [0.1, 0.15) is 0 Å². The van der Waals surface area contributed by atoms with E-state index in [4.69, 9.17) is 0 Å². The summed E-state index contributed by atoms with van der Waals surface area (Å²) in [5.41, 5.74) is 1.21. The molecule has 0 unspecified atom stereocenters. The fourth-order valence-corrected chi connectivity index (χ4v) is 1.59. The second kappa shape index (κ2) is 6.40. The van der Waals surface area contributed by atoms with Gasteiger partial charge in [0.2, 0.25) is 0 Å². The Labute approximate surface area is 98.1 Å². The molecule has 0 heterocycles. The molecular weight excluding hydrogens is 256 g/mol. The number of hydrogen-bond donors (Lipinski definition) is 0. The van der Waals surface area contributed by atoms with Gasteiger partial charge in [-0.05, 0) is 24.1 Å². The molecule has 0 radical (unpaired) electrons. The van der Waals surface area contributed by atoms with E-state index in [1.807, 2.05) is 30.4 Å². The maximum Gasteiger partial charge on any atom is 0.309 e. The summed E-state index contributed by atoms with van der Waals surface area (Å²) in [4.78, 5) is 10.8. The Kier molecular flexibility index (Phi) is 5.12. The molecule has 80 valence electrons. The number of carbonyl (C=O) groups excluding carboxylic acids is 1. The van der Waals surface area contributed by atoms with Crippen molar-refractivity contribution in [2.24, 2.45) is 0 Å². The SMILES string of the molecule is COC(=O)C/C=C\Cc1cccc(Br)c1. The second-order valence-corrected chi connectivity index (χ2v) is 4.00. The summed E-state index contributed by atoms with van der Waals surface area (Å²) in [6.07, 6.45) is 4.96. The zero-order valence-corrected chi connectivity index (χ0v) is 10.2. The van der Waals surface area contributed by atoms with Crippen LogP contribution in [0.5, 0.6) is 0 Å². The number of ether oxygens (including phenoxy) is 1. The predicted molar refractivity (Wildman–Crippen MR) is 63.6 cm³/mol. The van der Waals surface area contributed by atoms with Crippen molar-refractivity contribution in [1.82, 2.24) is 0 Å². The van der Waals surface area contributed by atoms with Crippen molar-refractivity contribution in [3.63, 3.8) is 0 Å². The van der Waals surface area contributed by atoms with E-state index >= 15 is 0 Å². The third-order valence-corrected chi connectivity index (χ3v) is 2.41. The largest absolute Gasteiger partial charge is 0.469 e. The Morgan fingerprint density at radius 3 is 2.93 bits per heavy atom. The van der Waals surface area contributed by atoms with E-state index in [1.165, 1.54) is 12.7 Å². The number of hydrogen-bond acceptors (Lipinski definition) is 2. The maximum absolute atomic E-state index is 10.8. The summed E-state index contributed by atoms with van der Waals surface area (Å²) in [7, 11) is 1.39. The first-order chi connectivity index (χ1) is 7.22. The maximum atomic E-state index is 10.8. The van der Waals surface area contributed by atoms with Crippen molar-refractivity contribution in [2.75, 3.05) is 7.11 Å². The highest BCUT2D eigenvalue weighted by molar-refractivity contribution is 9.10. The van der Waals surface area contributed by atoms with Gasteiger partial charge in [-0.1, -0.05) is 40.2 Å². The number of allylic oxidation sites excluding steroid dienone is 1. The molecule has 15 heavy (non-hydrogen) atoms. The minimum absolute atomic E-state index is 0.208. The van der Waals surface area contributed by atoms with Crippen molar-refractivity contribution < 1.29 is 9.53 Å². The zero-order chi connectivity index (χ0) is 11.1. The molecule has 0 saturated carbocycles. The van der Waals surface area contributed by atoms with E-state index in [-0.39, 0.29) is 5.97 Å². The van der Waals surface area contributed by atoms with Crippen LogP contribution in [-0.2, 0) is 16.0 Å². The van der Waals surface area contributed by atoms with Crippen LogP contribution in [0.25, 0.3) is 0 Å². The van der Waals surface area contributed by atoms with Crippen LogP contribution in [0.15, 0.2) is 40.9 Å². The van der Waals surface area contributed by atoms with E-state index in [0.29, 0.717) is 6.42 Å². The summed E-state index contributed by atoms with van der Waals surface area (Å²) in [6.45, 7) is 0. The average Bonchev–Trinajstić information content (AvgIpc) is 2.24. The standard InChI is InChI=1S/C12H13BrO2/c1-15-12(14)8-3-2-5-10-6-4-7-11(13)9-10/h2-4,6-7,9H,5,8H2,1H3/b3-2-. The summed E-state index contributed by atoms with van der Waals surface area (Å²) in [5.74, 6) is -0.208. The topological polar surface area (TPSA) is 26.3 Å². The lowest BCUT2D eigenvalue weighted by Crippen LogP contribution is -1.96. The highest BCUT2D eigenvalue weighted by Crippen LogP contribution is 2.12. The Hall–Kier alpha value is -1.09. The molecule has 0 aromatic heterocycles. The zero-order valence-electron chi connectivity index (χ0n) is 8.57. The van der Waals surface area contributed by atoms with E-state index in [2.05, 4.69) is 26.7 Å². The smallest absolute Gasteiger partial charge is 0.309 e. The van der Waals surface area contributed by atoms with Gasteiger partial charge in [-0.15, -0.1) is 0 Å². The lowest BCUT2D eigenvalue weighted by Gasteiger charge is -1.97. The Bertz CT molecular complexity index is 358. The van der Waals surface area contributed by atoms with Gasteiger partial charge in [0.25, 0.3) is 0 Å². The molecule has 3 heteroatoms. The molecule has 0 fully saturated rings. The van der Waals surface area contributed by atoms with Gasteiger partial charge in [-0.3, -0.25) is 4.79 Å². The van der Waals surface area contributed by atoms with Crippen molar-refractivity contribution in [2.45, 2.75) is 12.8 Å². The Morgan fingerprint density at radius 1 is 1.47 bits per heavy atom. The quantitative estimate of drug-likeness (QED) is 0.620. The van der Waals surface area contributed by atoms with Gasteiger partial charge in [-0.2, -0.15) is 0 Å². The molecule has 0 bridgehead atoms. The predicted octanol–water partition coefficient (Wildman–Crippen LogP) is 3.11. The van der Waals surface area contributed by atoms with Crippen LogP contribution in [0.3, 0.4) is 0 Å². The highest BCUT2D eigenvalue weighted by Gasteiger charge is 1.94. The van der Waals surface area contributed by atoms with E-state index < -0.39 is 0 Å². The second-order valence-electron chi connectivity index (χ2n) is 3.09. The van der Waals surface area contributed by atoms with Gasteiger partial charge in [0, 0.05) is 4.47 Å². The van der Waals surface area contributed by atoms with Crippen LogP contribution in [-0.4, -0.2) is 13.1 Å². The summed E-state index contributed by atoms with van der Waals surface area (Å²) in [6, 6.07) is 8.09. The molecular formula is C12H13BrO2. The van der Waals surface area contributed by atoms with Crippen LogP contribution in [0, 0.1) is 0 Å². The Balaban J connectivity index is 2.40. The van der Waals surface area contributed by atoms with Crippen molar-refractivity contribution in [3.8, 4) is 0 Å². The third-order valence-electron chi connectivity index (χ3n) is 1.92. The summed E-state index contributed by atoms with van der Waals surface area (Å²) < 4.78 is 5.59. The molecule has 1 aromatic carbocycles. The normalized spacial score (nSPS) is 10.5. The molecule has 0 N–H and O–H groups in total. The summed E-state index contributed by atoms with van der Waals surface area (Å²) >= 11 is 3.41. The molecule has 0 spiro atoms. The van der Waals surface area contributed by atoms with Crippen molar-refractivity contribution >= 4 is 21.9 Å². The fraction of sp³-hybridized carbons (Fsp3) is 0.250. The van der Waals surface area contributed by atoms with Crippen LogP contribution in [0.4, 0.5) is 0 Å². The number of halogens is 1. The first-order valence-electron chi connectivity index (χ1n) is 4.68. The van der Waals surface area contributed by atoms with Crippen LogP contribution >= 0.6 is 15.9 Å². The van der Waals surface area contributed by atoms with Gasteiger partial charge in [0.05, 0.1) is 13.5 Å². The molecule has 2 nitrogen and oxygen atoms in total. The first-order valence-corrected chi connectivity index (χ1v) is 5.48. The number of esters is 1. The van der Waals surface area contributed by atoms with Crippen molar-refractivity contribution in [1.29, 1.82) is 0 Å². The number of rotatable bonds is 4. The van der Waals surface area contributed by atoms with Crippen LogP contribution < -0.4 is 0 Å². The molecule has 0 amide bonds. The average molecular weight is 269 g/mol. The van der Waals surface area contributed by atoms with Gasteiger partial charge in [0.15, 0.2) is 0 Å². The highest BCUT2D eigenvalue weighted by atomic mass is 79.9. The monoisotopic (exact) mass is 268 g/mol. The lowest BCUT2D eigenvalue weighted by atomic mass is 10.1. The lowest BCUT2D eigenvalue weighted by molar-refractivity contribution is -0.139. The van der Waals surface area contributed by atoms with Gasteiger partial charge < -0.3 is 4.74 Å². The van der Waals surface area contributed by atoms with Crippen LogP contribution in [0.2, 0.25) is 0 Å². The van der Waals surface area contributed by atoms with Crippen LogP contribution in [0.1, 0.15) is 12.0 Å². The van der Waals surface area contributed by atoms with E-state index in [1.54, 1.807) is 0 Å².